The van der Waals surface area contributed by atoms with Crippen molar-refractivity contribution < 1.29 is 15.7 Å². The first-order chi connectivity index (χ1) is 19.5. The number of pyridine rings is 2. The minimum Gasteiger partial charge on any atom is -0.495 e. The molecule has 0 aliphatic heterocycles. The summed E-state index contributed by atoms with van der Waals surface area (Å²) >= 11 is 0. The number of nitrogens with zero attached hydrogens (tertiary/aromatic N) is 4. The van der Waals surface area contributed by atoms with Crippen LogP contribution in [-0.2, 0) is 7.05 Å². The van der Waals surface area contributed by atoms with Crippen LogP contribution in [0.4, 0.5) is 11.6 Å². The van der Waals surface area contributed by atoms with E-state index < -0.39 is 0 Å². The second-order valence-electron chi connectivity index (χ2n) is 9.15. The second kappa shape index (κ2) is 10.4. The number of fused-ring (bicyclic) bond motifs is 2. The van der Waals surface area contributed by atoms with Gasteiger partial charge in [-0.3, -0.25) is 14.8 Å². The number of carbonyl (C=O) groups is 1. The fraction of sp³-hybridized carbons (Fsp3) is 0.0968. The van der Waals surface area contributed by atoms with E-state index in [0.717, 1.165) is 38.6 Å². The predicted molar refractivity (Wildman–Crippen MR) is 158 cm³/mol. The highest BCUT2D eigenvalue weighted by Gasteiger charge is 2.14. The van der Waals surface area contributed by atoms with Crippen molar-refractivity contribution >= 4 is 39.3 Å². The van der Waals surface area contributed by atoms with Gasteiger partial charge in [-0.05, 0) is 41.3 Å². The quantitative estimate of drug-likeness (QED) is 0.247. The van der Waals surface area contributed by atoms with Gasteiger partial charge in [-0.1, -0.05) is 30.3 Å². The number of aromatic nitrogens is 4. The van der Waals surface area contributed by atoms with Crippen molar-refractivity contribution in [2.45, 2.75) is 0 Å². The maximum Gasteiger partial charge on any atom is 0.269 e. The van der Waals surface area contributed by atoms with E-state index in [9.17, 15) is 4.79 Å². The molecule has 0 saturated heterocycles. The molecule has 0 bridgehead atoms. The Morgan fingerprint density at radius 1 is 0.975 bits per heavy atom. The van der Waals surface area contributed by atoms with Crippen LogP contribution in [0, 0.1) is 0 Å². The number of ether oxygens (including phenoxy) is 2. The van der Waals surface area contributed by atoms with E-state index in [0.29, 0.717) is 23.2 Å². The number of hydrogen-bond donors (Lipinski definition) is 2. The molecular weight excluding hydrogens is 504 g/mol. The Morgan fingerprint density at radius 3 is 2.67 bits per heavy atom. The van der Waals surface area contributed by atoms with Crippen molar-refractivity contribution in [1.82, 2.24) is 24.8 Å². The minimum atomic E-state index is -0.280. The molecule has 9 heteroatoms. The van der Waals surface area contributed by atoms with Gasteiger partial charge in [0.25, 0.3) is 5.91 Å². The highest BCUT2D eigenvalue weighted by molar-refractivity contribution is 5.96. The molecule has 0 aliphatic rings. The Bertz CT molecular complexity index is 1880. The van der Waals surface area contributed by atoms with Crippen LogP contribution in [0.5, 0.6) is 17.2 Å². The summed E-state index contributed by atoms with van der Waals surface area (Å²) in [6.07, 6.45) is 5.29. The highest BCUT2D eigenvalue weighted by atomic mass is 16.5. The van der Waals surface area contributed by atoms with Crippen LogP contribution in [-0.4, -0.2) is 39.6 Å². The maximum absolute atomic E-state index is 11.9. The molecule has 3 heterocycles. The summed E-state index contributed by atoms with van der Waals surface area (Å²) in [6.45, 7) is 0. The summed E-state index contributed by atoms with van der Waals surface area (Å²) in [5.74, 6) is 2.15. The van der Waals surface area contributed by atoms with E-state index >= 15 is 0 Å². The van der Waals surface area contributed by atoms with Gasteiger partial charge in [0.2, 0.25) is 5.95 Å². The van der Waals surface area contributed by atoms with Crippen LogP contribution in [0.15, 0.2) is 91.4 Å². The predicted octanol–water partition coefficient (Wildman–Crippen LogP) is 6.33. The average Bonchev–Trinajstić information content (AvgIpc) is 3.30. The Morgan fingerprint density at radius 2 is 1.82 bits per heavy atom. The first kappa shape index (κ1) is 24.9. The molecule has 0 fully saturated rings. The number of anilines is 2. The zero-order valence-corrected chi connectivity index (χ0v) is 22.2. The lowest BCUT2D eigenvalue weighted by Gasteiger charge is -2.14. The van der Waals surface area contributed by atoms with Crippen molar-refractivity contribution in [2.75, 3.05) is 19.5 Å². The molecule has 0 spiro atoms. The number of benzene rings is 3. The first-order valence-electron chi connectivity index (χ1n) is 12.6. The number of methoxy groups -OCH3 is 1. The van der Waals surface area contributed by atoms with Crippen LogP contribution >= 0.6 is 0 Å². The molecule has 0 saturated carbocycles. The van der Waals surface area contributed by atoms with E-state index in [2.05, 4.69) is 32.7 Å². The monoisotopic (exact) mass is 532 g/mol. The van der Waals surface area contributed by atoms with Crippen molar-refractivity contribution in [3.8, 4) is 28.4 Å². The van der Waals surface area contributed by atoms with Crippen LogP contribution < -0.4 is 20.1 Å². The van der Waals surface area contributed by atoms with Crippen molar-refractivity contribution in [2.24, 2.45) is 7.05 Å². The molecule has 40 heavy (non-hydrogen) atoms. The molecule has 0 aliphatic carbocycles. The number of amides is 1. The molecule has 2 N–H and O–H groups in total. The van der Waals surface area contributed by atoms with Crippen LogP contribution in [0.2, 0.25) is 0 Å². The average molecular weight is 533 g/mol. The number of carbonyl (C=O) groups excluding carboxylic acids is 1. The molecule has 9 nitrogen and oxygen atoms in total. The van der Waals surface area contributed by atoms with Gasteiger partial charge >= 0.3 is 0 Å². The molecule has 6 aromatic rings. The first-order valence-corrected chi connectivity index (χ1v) is 12.6. The summed E-state index contributed by atoms with van der Waals surface area (Å²) in [5.41, 5.74) is 4.77. The fourth-order valence-corrected chi connectivity index (χ4v) is 4.66. The number of nitrogens with one attached hydrogen (secondary N) is 2. The molecular formula is C31H28N6O3. The topological polar surface area (TPSA) is 103 Å². The highest BCUT2D eigenvalue weighted by Crippen LogP contribution is 2.36. The number of imidazole rings is 1. The zero-order chi connectivity index (χ0) is 27.6. The third-order valence-corrected chi connectivity index (χ3v) is 6.70. The van der Waals surface area contributed by atoms with Gasteiger partial charge in [-0.25, -0.2) is 4.98 Å². The summed E-state index contributed by atoms with van der Waals surface area (Å²) < 4.78 is 13.6. The maximum atomic E-state index is 11.9. The Hall–Kier alpha value is -5.44. The molecule has 6 rings (SSSR count). The van der Waals surface area contributed by atoms with Gasteiger partial charge in [0.05, 0.1) is 23.8 Å². The molecule has 200 valence electrons. The number of rotatable bonds is 7. The molecule has 0 radical (unpaired) electrons. The van der Waals surface area contributed by atoms with E-state index in [1.165, 1.54) is 6.20 Å². The number of hydrogen-bond acceptors (Lipinski definition) is 7. The molecule has 3 aromatic carbocycles. The van der Waals surface area contributed by atoms with E-state index in [1.807, 2.05) is 72.5 Å². The van der Waals surface area contributed by atoms with Gasteiger partial charge < -0.3 is 24.7 Å². The van der Waals surface area contributed by atoms with E-state index in [-0.39, 0.29) is 13.0 Å². The van der Waals surface area contributed by atoms with Crippen LogP contribution in [0.25, 0.3) is 32.9 Å². The van der Waals surface area contributed by atoms with Crippen LogP contribution in [0.1, 0.15) is 11.9 Å². The third-order valence-electron chi connectivity index (χ3n) is 6.70. The van der Waals surface area contributed by atoms with Gasteiger partial charge in [0.1, 0.15) is 22.9 Å². The molecule has 0 unspecified atom stereocenters. The van der Waals surface area contributed by atoms with Crippen molar-refractivity contribution in [1.29, 1.82) is 0 Å². The number of aryl methyl sites for hydroxylation is 1. The molecule has 3 aromatic heterocycles. The largest absolute Gasteiger partial charge is 0.495 e. The Kier molecular flexibility index (Phi) is 6.45. The lowest BCUT2D eigenvalue weighted by Crippen LogP contribution is -2.18. The smallest absolute Gasteiger partial charge is 0.269 e. The standard InChI is InChI=1S/C31H26N6O3.H2/c1-32-30(38)27-16-22(12-13-34-27)40-21-9-10-28-25(15-21)35-31(37(28)2)36-26-14-19(8-11-29(26)39-3)24-18-33-17-20-6-4-5-7-23(20)24;/h4-18H,1-3H3,(H,32,38)(H,35,36);1H. The fourth-order valence-electron chi connectivity index (χ4n) is 4.66. The van der Waals surface area contributed by atoms with E-state index in [1.54, 1.807) is 26.3 Å². The van der Waals surface area contributed by atoms with Gasteiger partial charge in [0.15, 0.2) is 0 Å². The summed E-state index contributed by atoms with van der Waals surface area (Å²) in [6, 6.07) is 23.2. The molecule has 0 atom stereocenters. The lowest BCUT2D eigenvalue weighted by molar-refractivity contribution is 0.0958. The SMILES string of the molecule is CNC(=O)c1cc(Oc2ccc3c(c2)nc(Nc2cc(-c4cncc5ccccc45)ccc2OC)n3C)ccn1.[HH]. The normalized spacial score (nSPS) is 11.0. The lowest BCUT2D eigenvalue weighted by atomic mass is 10.0. The molecule has 1 amide bonds. The van der Waals surface area contributed by atoms with Gasteiger partial charge in [-0.2, -0.15) is 0 Å². The van der Waals surface area contributed by atoms with E-state index in [4.69, 9.17) is 14.5 Å². The zero-order valence-electron chi connectivity index (χ0n) is 22.2. The Balaban J connectivity index is 0.00000337. The summed E-state index contributed by atoms with van der Waals surface area (Å²) in [4.78, 5) is 25.3. The minimum absolute atomic E-state index is 0. The van der Waals surface area contributed by atoms with Crippen molar-refractivity contribution in [3.05, 3.63) is 97.1 Å². The second-order valence-corrected chi connectivity index (χ2v) is 9.15. The van der Waals surface area contributed by atoms with Gasteiger partial charge in [-0.15, -0.1) is 0 Å². The van der Waals surface area contributed by atoms with Crippen molar-refractivity contribution in [3.63, 3.8) is 0 Å². The summed E-state index contributed by atoms with van der Waals surface area (Å²) in [5, 5.41) is 8.22. The van der Waals surface area contributed by atoms with Crippen LogP contribution in [0.3, 0.4) is 0 Å². The van der Waals surface area contributed by atoms with Gasteiger partial charge in [0, 0.05) is 57.2 Å². The third kappa shape index (κ3) is 4.64. The Labute approximate surface area is 231 Å². The summed E-state index contributed by atoms with van der Waals surface area (Å²) in [7, 11) is 5.15.